The molecule has 0 spiro atoms. The largest absolute Gasteiger partial charge is 0.366 e. The molecule has 2 fully saturated rings. The van der Waals surface area contributed by atoms with E-state index in [-0.39, 0.29) is 16.5 Å². The number of hydrogen-bond acceptors (Lipinski definition) is 3. The van der Waals surface area contributed by atoms with E-state index in [0.29, 0.717) is 17.8 Å². The molecule has 37 heavy (non-hydrogen) atoms. The normalized spacial score (nSPS) is 33.7. The molecule has 3 aromatic rings. The maximum absolute atomic E-state index is 4.23. The molecule has 1 aromatic heterocycles. The van der Waals surface area contributed by atoms with Gasteiger partial charge >= 0.3 is 0 Å². The zero-order valence-electron chi connectivity index (χ0n) is 23.4. The zero-order chi connectivity index (χ0) is 25.7. The van der Waals surface area contributed by atoms with Crippen molar-refractivity contribution >= 4 is 16.6 Å². The monoisotopic (exact) mass is 494 g/mol. The lowest BCUT2D eigenvalue weighted by molar-refractivity contribution is 0.0869. The van der Waals surface area contributed by atoms with Gasteiger partial charge in [0.15, 0.2) is 0 Å². The summed E-state index contributed by atoms with van der Waals surface area (Å²) in [4.78, 5) is 9.11. The van der Waals surface area contributed by atoms with Crippen molar-refractivity contribution < 1.29 is 0 Å². The van der Waals surface area contributed by atoms with Gasteiger partial charge in [0.1, 0.15) is 5.66 Å². The molecular formula is C33H42N4. The smallest absolute Gasteiger partial charge is 0.108 e. The standard InChI is InChI=1S/C33H42N4/c1-21-19-25-28(31(2,3)20-21)29(30-23(15-17-36(4)5)22-11-7-9-13-26(22)34-30)32-16-18-37(6)33(25,32)35-27-14-10-8-12-24(27)32/h7-14,19,25,28-29,34-35H,15-18,20H2,1-6H3/t25-,28+,29+,32+,33+/m0/s1. The van der Waals surface area contributed by atoms with Crippen LogP contribution >= 0.6 is 0 Å². The summed E-state index contributed by atoms with van der Waals surface area (Å²) in [6.07, 6.45) is 6.11. The summed E-state index contributed by atoms with van der Waals surface area (Å²) in [5, 5.41) is 5.65. The molecule has 7 rings (SSSR count). The summed E-state index contributed by atoms with van der Waals surface area (Å²) in [5.74, 6) is 1.42. The van der Waals surface area contributed by atoms with Gasteiger partial charge in [0.05, 0.1) is 0 Å². The summed E-state index contributed by atoms with van der Waals surface area (Å²) >= 11 is 0. The van der Waals surface area contributed by atoms with Gasteiger partial charge in [-0.15, -0.1) is 0 Å². The van der Waals surface area contributed by atoms with Crippen molar-refractivity contribution in [2.75, 3.05) is 39.5 Å². The van der Waals surface area contributed by atoms with E-state index in [1.165, 1.54) is 40.7 Å². The van der Waals surface area contributed by atoms with Crippen molar-refractivity contribution in [2.24, 2.45) is 17.3 Å². The molecule has 2 aromatic carbocycles. The minimum absolute atomic E-state index is 0.0276. The van der Waals surface area contributed by atoms with E-state index in [0.717, 1.165) is 19.5 Å². The minimum atomic E-state index is -0.0961. The SMILES string of the molecule is CC1=C[C@H]2[C@H]([C@H](c3[nH]c4ccccc4c3CCN(C)C)[C@]34CCN(C)[C@]23Nc2ccccc24)C(C)(C)C1. The van der Waals surface area contributed by atoms with Gasteiger partial charge in [-0.3, -0.25) is 4.90 Å². The average Bonchev–Trinajstić information content (AvgIpc) is 3.51. The van der Waals surface area contributed by atoms with Gasteiger partial charge in [-0.25, -0.2) is 0 Å². The Labute approximate surface area is 222 Å². The number of anilines is 1. The Kier molecular flexibility index (Phi) is 4.92. The van der Waals surface area contributed by atoms with Gasteiger partial charge < -0.3 is 15.2 Å². The van der Waals surface area contributed by atoms with E-state index in [1.807, 2.05) is 0 Å². The van der Waals surface area contributed by atoms with Crippen molar-refractivity contribution in [3.05, 3.63) is 77.0 Å². The van der Waals surface area contributed by atoms with Crippen LogP contribution in [0.1, 0.15) is 56.4 Å². The maximum Gasteiger partial charge on any atom is 0.108 e. The van der Waals surface area contributed by atoms with Crippen LogP contribution in [0.2, 0.25) is 0 Å². The highest BCUT2D eigenvalue weighted by atomic mass is 15.4. The topological polar surface area (TPSA) is 34.3 Å². The zero-order valence-corrected chi connectivity index (χ0v) is 23.4. The molecule has 0 bridgehead atoms. The fraction of sp³-hybridized carbons (Fsp3) is 0.515. The van der Waals surface area contributed by atoms with E-state index < -0.39 is 0 Å². The van der Waals surface area contributed by atoms with Crippen molar-refractivity contribution in [1.29, 1.82) is 0 Å². The number of allylic oxidation sites excluding steroid dienone is 1. The maximum atomic E-state index is 4.23. The molecule has 5 atom stereocenters. The van der Waals surface area contributed by atoms with Gasteiger partial charge in [0.2, 0.25) is 0 Å². The predicted molar refractivity (Wildman–Crippen MR) is 154 cm³/mol. The molecule has 4 heteroatoms. The van der Waals surface area contributed by atoms with Gasteiger partial charge in [0, 0.05) is 52.6 Å². The van der Waals surface area contributed by atoms with Crippen LogP contribution in [0.15, 0.2) is 60.2 Å². The molecule has 2 aliphatic carbocycles. The molecule has 2 N–H and O–H groups in total. The number of aromatic nitrogens is 1. The first-order valence-electron chi connectivity index (χ1n) is 14.2. The molecule has 2 aliphatic heterocycles. The summed E-state index contributed by atoms with van der Waals surface area (Å²) in [6.45, 7) is 9.65. The predicted octanol–water partition coefficient (Wildman–Crippen LogP) is 6.37. The second kappa shape index (κ2) is 7.74. The number of rotatable bonds is 4. The number of para-hydroxylation sites is 2. The molecule has 194 valence electrons. The number of aromatic amines is 1. The second-order valence-corrected chi connectivity index (χ2v) is 13.4. The lowest BCUT2D eigenvalue weighted by Gasteiger charge is -2.47. The van der Waals surface area contributed by atoms with Gasteiger partial charge in [-0.1, -0.05) is 61.9 Å². The molecule has 1 saturated carbocycles. The number of fused-ring (bicyclic) bond motifs is 3. The molecule has 4 nitrogen and oxygen atoms in total. The Hall–Kier alpha value is -2.56. The third-order valence-corrected chi connectivity index (χ3v) is 10.7. The average molecular weight is 495 g/mol. The van der Waals surface area contributed by atoms with Gasteiger partial charge in [0.25, 0.3) is 0 Å². The lowest BCUT2D eigenvalue weighted by atomic mass is 9.59. The Bertz CT molecular complexity index is 1410. The van der Waals surface area contributed by atoms with Crippen LogP contribution in [0.25, 0.3) is 10.9 Å². The number of benzene rings is 2. The van der Waals surface area contributed by atoms with Crippen LogP contribution in [0.5, 0.6) is 0 Å². The third kappa shape index (κ3) is 2.86. The minimum Gasteiger partial charge on any atom is -0.366 e. The second-order valence-electron chi connectivity index (χ2n) is 13.4. The Morgan fingerprint density at radius 2 is 1.81 bits per heavy atom. The van der Waals surface area contributed by atoms with Gasteiger partial charge in [-0.2, -0.15) is 0 Å². The first kappa shape index (κ1) is 23.5. The summed E-state index contributed by atoms with van der Waals surface area (Å²) in [5.41, 5.74) is 8.93. The number of likely N-dealkylation sites (tertiary alicyclic amines) is 1. The highest BCUT2D eigenvalue weighted by Gasteiger charge is 2.78. The number of nitrogens with one attached hydrogen (secondary N) is 2. The van der Waals surface area contributed by atoms with Crippen LogP contribution in [-0.4, -0.2) is 54.7 Å². The number of nitrogens with zero attached hydrogens (tertiary/aromatic N) is 2. The molecule has 4 aliphatic rings. The van der Waals surface area contributed by atoms with E-state index in [4.69, 9.17) is 0 Å². The highest BCUT2D eigenvalue weighted by Crippen LogP contribution is 2.75. The fourth-order valence-corrected chi connectivity index (χ4v) is 9.63. The van der Waals surface area contributed by atoms with Crippen LogP contribution in [0, 0.1) is 17.3 Å². The molecular weight excluding hydrogens is 452 g/mol. The van der Waals surface area contributed by atoms with Crippen LogP contribution in [-0.2, 0) is 11.8 Å². The number of H-pyrrole nitrogens is 1. The fourth-order valence-electron chi connectivity index (χ4n) is 9.63. The first-order chi connectivity index (χ1) is 17.7. The summed E-state index contributed by atoms with van der Waals surface area (Å²) in [7, 11) is 6.78. The van der Waals surface area contributed by atoms with E-state index >= 15 is 0 Å². The van der Waals surface area contributed by atoms with Crippen molar-refractivity contribution in [3.63, 3.8) is 0 Å². The third-order valence-electron chi connectivity index (χ3n) is 10.7. The molecule has 0 radical (unpaired) electrons. The Balaban J connectivity index is 1.56. The van der Waals surface area contributed by atoms with Crippen LogP contribution in [0.3, 0.4) is 0 Å². The van der Waals surface area contributed by atoms with E-state index in [9.17, 15) is 0 Å². The van der Waals surface area contributed by atoms with Crippen molar-refractivity contribution in [3.8, 4) is 0 Å². The summed E-state index contributed by atoms with van der Waals surface area (Å²) in [6, 6.07) is 18.3. The Morgan fingerprint density at radius 1 is 1.05 bits per heavy atom. The van der Waals surface area contributed by atoms with Crippen LogP contribution < -0.4 is 5.32 Å². The molecule has 0 unspecified atom stereocenters. The quantitative estimate of drug-likeness (QED) is 0.414. The first-order valence-corrected chi connectivity index (χ1v) is 14.2. The van der Waals surface area contributed by atoms with Gasteiger partial charge in [-0.05, 0) is 81.9 Å². The van der Waals surface area contributed by atoms with E-state index in [1.54, 1.807) is 11.1 Å². The van der Waals surface area contributed by atoms with Crippen LogP contribution in [0.4, 0.5) is 5.69 Å². The molecule has 3 heterocycles. The van der Waals surface area contributed by atoms with E-state index in [2.05, 4.69) is 117 Å². The highest BCUT2D eigenvalue weighted by molar-refractivity contribution is 5.85. The molecule has 1 saturated heterocycles. The molecule has 0 amide bonds. The number of likely N-dealkylation sites (N-methyl/N-ethyl adjacent to an activating group) is 2. The number of hydrogen-bond donors (Lipinski definition) is 2. The summed E-state index contributed by atoms with van der Waals surface area (Å²) < 4.78 is 0. The van der Waals surface area contributed by atoms with Crippen molar-refractivity contribution in [1.82, 2.24) is 14.8 Å². The van der Waals surface area contributed by atoms with Crippen molar-refractivity contribution in [2.45, 2.75) is 57.0 Å². The lowest BCUT2D eigenvalue weighted by Crippen LogP contribution is -2.59. The Morgan fingerprint density at radius 3 is 2.62 bits per heavy atom.